The maximum Gasteiger partial charge on any atom is 0.176 e. The number of methoxy groups -OCH3 is 3. The predicted octanol–water partition coefficient (Wildman–Crippen LogP) is 10.3. The normalized spacial score (nSPS) is 14.7. The van der Waals surface area contributed by atoms with Crippen molar-refractivity contribution in [2.45, 2.75) is 85.4 Å². The highest BCUT2D eigenvalue weighted by atomic mass is 16.5. The maximum atomic E-state index is 13.6. The molecule has 0 saturated heterocycles. The van der Waals surface area contributed by atoms with Crippen LogP contribution in [0.5, 0.6) is 28.7 Å². The molecule has 4 aromatic carbocycles. The number of aryl methyl sites for hydroxylation is 2. The summed E-state index contributed by atoms with van der Waals surface area (Å²) in [7, 11) is 4.87. The summed E-state index contributed by atoms with van der Waals surface area (Å²) in [5.74, 6) is 3.76. The first-order valence-electron chi connectivity index (χ1n) is 17.9. The summed E-state index contributed by atoms with van der Waals surface area (Å²) in [5.41, 5.74) is 6.53. The number of ketones is 2. The summed E-state index contributed by atoms with van der Waals surface area (Å²) >= 11 is 0. The largest absolute Gasteiger partial charge is 0.496 e. The van der Waals surface area contributed by atoms with Gasteiger partial charge in [0.1, 0.15) is 39.9 Å². The Kier molecular flexibility index (Phi) is 11.0. The minimum atomic E-state index is -0.749. The molecule has 0 aromatic heterocycles. The molecule has 0 amide bonds. The molecular weight excluding hydrogens is 664 g/mol. The first-order chi connectivity index (χ1) is 24.9. The molecule has 0 radical (unpaired) electrons. The van der Waals surface area contributed by atoms with Crippen LogP contribution in [0.4, 0.5) is 0 Å². The van der Waals surface area contributed by atoms with E-state index in [0.717, 1.165) is 67.5 Å². The monoisotopic (exact) mass is 716 g/mol. The topological polar surface area (TPSA) is 80.3 Å². The highest BCUT2D eigenvalue weighted by Gasteiger charge is 2.35. The number of carbonyl (C=O) groups excluding carboxylic acids is 2. The minimum Gasteiger partial charge on any atom is -0.496 e. The SMILES string of the molecule is COc1cc(C(C)(C)C(=O)c2ccc3c(c2OC)C=CC(C)(C)O3)ccc1C.COc1cc(CC(=O)c2ccc3c(c2C)C=CC(C)(C)O3)ccc1C. The molecule has 7 nitrogen and oxygen atoms in total. The van der Waals surface area contributed by atoms with E-state index in [1.54, 1.807) is 27.4 Å². The summed E-state index contributed by atoms with van der Waals surface area (Å²) in [6, 6.07) is 19.2. The van der Waals surface area contributed by atoms with E-state index in [2.05, 4.69) is 6.08 Å². The van der Waals surface area contributed by atoms with Gasteiger partial charge in [0.15, 0.2) is 11.6 Å². The van der Waals surface area contributed by atoms with Crippen molar-refractivity contribution in [3.8, 4) is 28.7 Å². The molecule has 0 fully saturated rings. The van der Waals surface area contributed by atoms with Crippen molar-refractivity contribution in [1.82, 2.24) is 0 Å². The van der Waals surface area contributed by atoms with Crippen LogP contribution in [0.3, 0.4) is 0 Å². The van der Waals surface area contributed by atoms with Gasteiger partial charge in [0.25, 0.3) is 0 Å². The number of Topliss-reactive ketones (excluding diaryl/α,β-unsaturated/α-hetero) is 2. The lowest BCUT2D eigenvalue weighted by Gasteiger charge is -2.30. The highest BCUT2D eigenvalue weighted by Crippen LogP contribution is 2.42. The van der Waals surface area contributed by atoms with Crippen LogP contribution in [0.1, 0.15) is 101 Å². The number of ether oxygens (including phenoxy) is 5. The van der Waals surface area contributed by atoms with E-state index in [1.165, 1.54) is 0 Å². The molecule has 0 unspecified atom stereocenters. The zero-order chi connectivity index (χ0) is 38.9. The maximum absolute atomic E-state index is 13.6. The molecule has 7 heteroatoms. The molecule has 2 heterocycles. The van der Waals surface area contributed by atoms with Crippen molar-refractivity contribution in [2.75, 3.05) is 21.3 Å². The summed E-state index contributed by atoms with van der Waals surface area (Å²) in [5, 5.41) is 0. The second-order valence-electron chi connectivity index (χ2n) is 15.3. The molecular formula is C46H52O7. The highest BCUT2D eigenvalue weighted by molar-refractivity contribution is 6.07. The third kappa shape index (κ3) is 8.20. The van der Waals surface area contributed by atoms with E-state index < -0.39 is 5.41 Å². The Morgan fingerprint density at radius 1 is 0.660 bits per heavy atom. The second-order valence-corrected chi connectivity index (χ2v) is 15.3. The van der Waals surface area contributed by atoms with Gasteiger partial charge in [-0.05, 0) is 145 Å². The Hall–Kier alpha value is -5.30. The van der Waals surface area contributed by atoms with Crippen molar-refractivity contribution >= 4 is 23.7 Å². The molecule has 0 N–H and O–H groups in total. The molecule has 4 aromatic rings. The van der Waals surface area contributed by atoms with E-state index in [9.17, 15) is 9.59 Å². The van der Waals surface area contributed by atoms with Crippen LogP contribution >= 0.6 is 0 Å². The lowest BCUT2D eigenvalue weighted by atomic mass is 9.77. The number of rotatable bonds is 9. The third-order valence-corrected chi connectivity index (χ3v) is 9.96. The van der Waals surface area contributed by atoms with Crippen molar-refractivity contribution in [3.63, 3.8) is 0 Å². The average molecular weight is 717 g/mol. The average Bonchev–Trinajstić information content (AvgIpc) is 3.11. The molecule has 6 rings (SSSR count). The lowest BCUT2D eigenvalue weighted by molar-refractivity contribution is 0.0904. The molecule has 0 saturated carbocycles. The minimum absolute atomic E-state index is 0.0173. The number of benzene rings is 4. The van der Waals surface area contributed by atoms with Gasteiger partial charge in [-0.1, -0.05) is 30.3 Å². The summed E-state index contributed by atoms with van der Waals surface area (Å²) < 4.78 is 28.4. The van der Waals surface area contributed by atoms with E-state index in [0.29, 0.717) is 17.7 Å². The summed E-state index contributed by atoms with van der Waals surface area (Å²) in [6.45, 7) is 17.8. The number of carbonyl (C=O) groups is 2. The standard InChI is InChI=1S/C24H28O4.C22H24O3/c1-15-8-9-16(14-20(15)26-6)24(4,5)22(25)18-10-11-19-17(21(18)27-7)12-13-23(2,3)28-19;1-14-6-7-16(13-21(14)24-5)12-19(23)17-8-9-20-18(15(17)2)10-11-22(3,4)25-20/h8-14H,1-7H3;6-11,13H,12H2,1-5H3. The van der Waals surface area contributed by atoms with E-state index in [-0.39, 0.29) is 22.8 Å². The van der Waals surface area contributed by atoms with Crippen molar-refractivity contribution < 1.29 is 33.3 Å². The summed E-state index contributed by atoms with van der Waals surface area (Å²) in [4.78, 5) is 26.4. The Morgan fingerprint density at radius 3 is 1.77 bits per heavy atom. The predicted molar refractivity (Wildman–Crippen MR) is 213 cm³/mol. The fourth-order valence-corrected chi connectivity index (χ4v) is 6.66. The van der Waals surface area contributed by atoms with Crippen LogP contribution in [0.25, 0.3) is 12.2 Å². The van der Waals surface area contributed by atoms with Crippen LogP contribution in [0.2, 0.25) is 0 Å². The van der Waals surface area contributed by atoms with Gasteiger partial charge in [0, 0.05) is 17.5 Å². The Bertz CT molecular complexity index is 2110. The molecule has 2 aliphatic rings. The van der Waals surface area contributed by atoms with Gasteiger partial charge in [-0.25, -0.2) is 0 Å². The number of hydrogen-bond donors (Lipinski definition) is 0. The zero-order valence-corrected chi connectivity index (χ0v) is 33.1. The molecule has 0 bridgehead atoms. The Labute approximate surface area is 314 Å². The molecule has 53 heavy (non-hydrogen) atoms. The second kappa shape index (κ2) is 15.0. The third-order valence-electron chi connectivity index (χ3n) is 9.96. The number of hydrogen-bond acceptors (Lipinski definition) is 7. The Balaban J connectivity index is 0.000000206. The van der Waals surface area contributed by atoms with E-state index >= 15 is 0 Å². The van der Waals surface area contributed by atoms with Gasteiger partial charge >= 0.3 is 0 Å². The molecule has 278 valence electrons. The molecule has 0 atom stereocenters. The van der Waals surface area contributed by atoms with Gasteiger partial charge in [0.05, 0.1) is 37.9 Å². The van der Waals surface area contributed by atoms with Crippen LogP contribution in [0.15, 0.2) is 72.8 Å². The fourth-order valence-electron chi connectivity index (χ4n) is 6.66. The number of fused-ring (bicyclic) bond motifs is 2. The fraction of sp³-hybridized carbons (Fsp3) is 0.348. The van der Waals surface area contributed by atoms with Crippen molar-refractivity contribution in [1.29, 1.82) is 0 Å². The summed E-state index contributed by atoms with van der Waals surface area (Å²) in [6.07, 6.45) is 8.38. The lowest BCUT2D eigenvalue weighted by Crippen LogP contribution is -2.31. The molecule has 0 spiro atoms. The van der Waals surface area contributed by atoms with Gasteiger partial charge in [-0.2, -0.15) is 0 Å². The van der Waals surface area contributed by atoms with Gasteiger partial charge in [0.2, 0.25) is 0 Å². The van der Waals surface area contributed by atoms with Crippen molar-refractivity contribution in [3.05, 3.63) is 123 Å². The van der Waals surface area contributed by atoms with Crippen LogP contribution in [-0.2, 0) is 11.8 Å². The Morgan fingerprint density at radius 2 is 1.19 bits per heavy atom. The van der Waals surface area contributed by atoms with Crippen molar-refractivity contribution in [2.24, 2.45) is 0 Å². The van der Waals surface area contributed by atoms with Crippen LogP contribution in [-0.4, -0.2) is 44.1 Å². The van der Waals surface area contributed by atoms with Gasteiger partial charge in [-0.3, -0.25) is 9.59 Å². The van der Waals surface area contributed by atoms with E-state index in [4.69, 9.17) is 23.7 Å². The van der Waals surface area contributed by atoms with Crippen LogP contribution < -0.4 is 23.7 Å². The van der Waals surface area contributed by atoms with E-state index in [1.807, 2.05) is 135 Å². The molecule has 0 aliphatic carbocycles. The smallest absolute Gasteiger partial charge is 0.176 e. The van der Waals surface area contributed by atoms with Gasteiger partial charge < -0.3 is 23.7 Å². The quantitative estimate of drug-likeness (QED) is 0.160. The van der Waals surface area contributed by atoms with Gasteiger partial charge in [-0.15, -0.1) is 0 Å². The first kappa shape index (κ1) is 38.9. The zero-order valence-electron chi connectivity index (χ0n) is 33.1. The van der Waals surface area contributed by atoms with Crippen LogP contribution in [0, 0.1) is 20.8 Å². The molecule has 2 aliphatic heterocycles. The first-order valence-corrected chi connectivity index (χ1v) is 17.9.